The van der Waals surface area contributed by atoms with Crippen molar-refractivity contribution in [3.05, 3.63) is 76.5 Å². The molecule has 2 heterocycles. The molecule has 5 nitrogen and oxygen atoms in total. The lowest BCUT2D eigenvalue weighted by Gasteiger charge is -2.12. The molecule has 0 saturated heterocycles. The van der Waals surface area contributed by atoms with Crippen molar-refractivity contribution in [2.75, 3.05) is 5.32 Å². The number of anilines is 1. The van der Waals surface area contributed by atoms with Gasteiger partial charge in [0.1, 0.15) is 0 Å². The predicted molar refractivity (Wildman–Crippen MR) is 113 cm³/mol. The minimum absolute atomic E-state index is 0.308. The maximum atomic E-state index is 13.1. The lowest BCUT2D eigenvalue weighted by molar-refractivity contribution is 0.102. The average Bonchev–Trinajstić information content (AvgIpc) is 3.19. The van der Waals surface area contributed by atoms with Crippen molar-refractivity contribution in [3.63, 3.8) is 0 Å². The molecule has 0 spiro atoms. The Morgan fingerprint density at radius 2 is 1.86 bits per heavy atom. The van der Waals surface area contributed by atoms with E-state index in [1.807, 2.05) is 42.1 Å². The summed E-state index contributed by atoms with van der Waals surface area (Å²) in [5.41, 5.74) is 3.11. The monoisotopic (exact) mass is 410 g/mol. The molecule has 0 aliphatic rings. The van der Waals surface area contributed by atoms with E-state index >= 15 is 0 Å². The van der Waals surface area contributed by atoms with Crippen molar-refractivity contribution < 1.29 is 4.79 Å². The number of nitrogens with zero attached hydrogens (tertiary/aromatic N) is 3. The summed E-state index contributed by atoms with van der Waals surface area (Å²) in [7, 11) is 0. The van der Waals surface area contributed by atoms with Gasteiger partial charge in [0.05, 0.1) is 38.7 Å². The maximum Gasteiger partial charge on any atom is 0.256 e. The standard InChI is InChI=1S/C21H16Cl2N4O/c1-2-27-12-13(11-24-27)19-10-15(14-6-3-4-9-18(14)25-19)21(28)26-20-16(22)7-5-8-17(20)23/h3-12H,2H2,1H3,(H,26,28). The fraction of sp³-hybridized carbons (Fsp3) is 0.0952. The number of fused-ring (bicyclic) bond motifs is 1. The molecule has 4 rings (SSSR count). The number of rotatable bonds is 4. The van der Waals surface area contributed by atoms with Crippen LogP contribution in [0.2, 0.25) is 10.0 Å². The van der Waals surface area contributed by atoms with Gasteiger partial charge in [-0.25, -0.2) is 4.98 Å². The topological polar surface area (TPSA) is 59.8 Å². The Morgan fingerprint density at radius 3 is 2.57 bits per heavy atom. The smallest absolute Gasteiger partial charge is 0.256 e. The van der Waals surface area contributed by atoms with Crippen LogP contribution in [0.5, 0.6) is 0 Å². The van der Waals surface area contributed by atoms with Gasteiger partial charge >= 0.3 is 0 Å². The van der Waals surface area contributed by atoms with Gasteiger partial charge in [0.2, 0.25) is 0 Å². The van der Waals surface area contributed by atoms with Gasteiger partial charge in [-0.15, -0.1) is 0 Å². The molecule has 4 aromatic rings. The minimum atomic E-state index is -0.308. The SMILES string of the molecule is CCn1cc(-c2cc(C(=O)Nc3c(Cl)cccc3Cl)c3ccccc3n2)cn1. The largest absolute Gasteiger partial charge is 0.319 e. The van der Waals surface area contributed by atoms with Crippen molar-refractivity contribution in [2.45, 2.75) is 13.5 Å². The summed E-state index contributed by atoms with van der Waals surface area (Å²) >= 11 is 12.4. The number of carbonyl (C=O) groups excluding carboxylic acids is 1. The van der Waals surface area contributed by atoms with Crippen LogP contribution in [-0.2, 0) is 6.54 Å². The average molecular weight is 411 g/mol. The Kier molecular flexibility index (Phi) is 5.03. The Hall–Kier alpha value is -2.89. The quantitative estimate of drug-likeness (QED) is 0.470. The number of carbonyl (C=O) groups is 1. The molecule has 0 aliphatic heterocycles. The van der Waals surface area contributed by atoms with Gasteiger partial charge in [0.25, 0.3) is 5.91 Å². The van der Waals surface area contributed by atoms with E-state index in [4.69, 9.17) is 28.2 Å². The van der Waals surface area contributed by atoms with E-state index in [9.17, 15) is 4.79 Å². The molecule has 0 unspecified atom stereocenters. The predicted octanol–water partition coefficient (Wildman–Crippen LogP) is 5.68. The van der Waals surface area contributed by atoms with E-state index in [2.05, 4.69) is 10.4 Å². The van der Waals surface area contributed by atoms with E-state index in [1.54, 1.807) is 30.5 Å². The first-order valence-corrected chi connectivity index (χ1v) is 9.50. The number of halogens is 2. The van der Waals surface area contributed by atoms with Crippen LogP contribution in [0, 0.1) is 0 Å². The van der Waals surface area contributed by atoms with Crippen LogP contribution in [0.1, 0.15) is 17.3 Å². The zero-order chi connectivity index (χ0) is 19.7. The minimum Gasteiger partial charge on any atom is -0.319 e. The number of para-hydroxylation sites is 2. The molecule has 0 fully saturated rings. The molecular weight excluding hydrogens is 395 g/mol. The van der Waals surface area contributed by atoms with Crippen molar-refractivity contribution in [3.8, 4) is 11.3 Å². The summed E-state index contributed by atoms with van der Waals surface area (Å²) in [5, 5.41) is 8.63. The highest BCUT2D eigenvalue weighted by atomic mass is 35.5. The number of amides is 1. The summed E-state index contributed by atoms with van der Waals surface area (Å²) < 4.78 is 1.81. The Balaban J connectivity index is 1.82. The molecule has 7 heteroatoms. The first kappa shape index (κ1) is 18.5. The third-order valence-electron chi connectivity index (χ3n) is 4.42. The molecule has 1 amide bonds. The molecule has 0 aliphatic carbocycles. The third-order valence-corrected chi connectivity index (χ3v) is 5.05. The van der Waals surface area contributed by atoms with E-state index in [0.717, 1.165) is 23.0 Å². The summed E-state index contributed by atoms with van der Waals surface area (Å²) in [4.78, 5) is 17.8. The lowest BCUT2D eigenvalue weighted by atomic mass is 10.0. The van der Waals surface area contributed by atoms with Crippen LogP contribution < -0.4 is 5.32 Å². The van der Waals surface area contributed by atoms with Gasteiger partial charge in [-0.2, -0.15) is 5.10 Å². The summed E-state index contributed by atoms with van der Waals surface area (Å²) in [6, 6.07) is 14.4. The number of aromatic nitrogens is 3. The fourth-order valence-electron chi connectivity index (χ4n) is 2.98. The van der Waals surface area contributed by atoms with Gasteiger partial charge in [0.15, 0.2) is 0 Å². The molecule has 28 heavy (non-hydrogen) atoms. The third kappa shape index (κ3) is 3.46. The first-order chi connectivity index (χ1) is 13.6. The normalized spacial score (nSPS) is 11.0. The van der Waals surface area contributed by atoms with Crippen molar-refractivity contribution in [2.24, 2.45) is 0 Å². The molecule has 2 aromatic heterocycles. The summed E-state index contributed by atoms with van der Waals surface area (Å²) in [6.07, 6.45) is 3.65. The Labute approximate surface area is 171 Å². The molecule has 0 atom stereocenters. The number of pyridine rings is 1. The van der Waals surface area contributed by atoms with Crippen molar-refractivity contribution in [1.29, 1.82) is 0 Å². The zero-order valence-corrected chi connectivity index (χ0v) is 16.5. The molecule has 0 bridgehead atoms. The Bertz CT molecular complexity index is 1170. The number of nitrogens with one attached hydrogen (secondary N) is 1. The molecule has 0 saturated carbocycles. The van der Waals surface area contributed by atoms with Crippen LogP contribution in [0.3, 0.4) is 0 Å². The lowest BCUT2D eigenvalue weighted by Crippen LogP contribution is -2.13. The highest BCUT2D eigenvalue weighted by Crippen LogP contribution is 2.31. The number of aryl methyl sites for hydroxylation is 1. The van der Waals surface area contributed by atoms with Gasteiger partial charge < -0.3 is 5.32 Å². The van der Waals surface area contributed by atoms with Crippen molar-refractivity contribution >= 4 is 45.7 Å². The number of hydrogen-bond donors (Lipinski definition) is 1. The van der Waals surface area contributed by atoms with Gasteiger partial charge in [-0.3, -0.25) is 9.48 Å². The number of benzene rings is 2. The molecular formula is C21H16Cl2N4O. The van der Waals surface area contributed by atoms with Crippen molar-refractivity contribution in [1.82, 2.24) is 14.8 Å². The zero-order valence-electron chi connectivity index (χ0n) is 15.0. The van der Waals surface area contributed by atoms with Gasteiger partial charge in [-0.05, 0) is 31.2 Å². The van der Waals surface area contributed by atoms with E-state index < -0.39 is 0 Å². The van der Waals surface area contributed by atoms with Crippen LogP contribution >= 0.6 is 23.2 Å². The van der Waals surface area contributed by atoms with E-state index in [0.29, 0.717) is 27.0 Å². The second-order valence-corrected chi connectivity index (χ2v) is 7.02. The Morgan fingerprint density at radius 1 is 1.11 bits per heavy atom. The van der Waals surface area contributed by atoms with E-state index in [-0.39, 0.29) is 5.91 Å². The number of hydrogen-bond acceptors (Lipinski definition) is 3. The summed E-state index contributed by atoms with van der Waals surface area (Å²) in [6.45, 7) is 2.77. The summed E-state index contributed by atoms with van der Waals surface area (Å²) in [5.74, 6) is -0.308. The first-order valence-electron chi connectivity index (χ1n) is 8.75. The highest BCUT2D eigenvalue weighted by molar-refractivity contribution is 6.40. The van der Waals surface area contributed by atoms with Crippen LogP contribution in [0.4, 0.5) is 5.69 Å². The fourth-order valence-corrected chi connectivity index (χ4v) is 3.47. The van der Waals surface area contributed by atoms with E-state index in [1.165, 1.54) is 0 Å². The molecule has 0 radical (unpaired) electrons. The second-order valence-electron chi connectivity index (χ2n) is 6.21. The van der Waals surface area contributed by atoms with Gasteiger partial charge in [0, 0.05) is 23.7 Å². The van der Waals surface area contributed by atoms with Crippen LogP contribution in [0.15, 0.2) is 60.9 Å². The second kappa shape index (κ2) is 7.62. The maximum absolute atomic E-state index is 13.1. The van der Waals surface area contributed by atoms with Gasteiger partial charge in [-0.1, -0.05) is 47.5 Å². The molecule has 1 N–H and O–H groups in total. The van der Waals surface area contributed by atoms with Crippen LogP contribution in [-0.4, -0.2) is 20.7 Å². The highest BCUT2D eigenvalue weighted by Gasteiger charge is 2.17. The molecule has 2 aromatic carbocycles. The van der Waals surface area contributed by atoms with Crippen LogP contribution in [0.25, 0.3) is 22.2 Å². The molecule has 140 valence electrons.